The number of benzene rings is 1. The van der Waals surface area contributed by atoms with Crippen LogP contribution in [0.4, 0.5) is 14.5 Å². The number of unbranched alkanes of at least 4 members (excludes halogenated alkanes) is 1. The molecule has 0 fully saturated rings. The van der Waals surface area contributed by atoms with Crippen molar-refractivity contribution >= 4 is 15.7 Å². The van der Waals surface area contributed by atoms with E-state index < -0.39 is 37.2 Å². The minimum absolute atomic E-state index is 0.0584. The Hall–Kier alpha value is -2.05. The number of nitrogens with one attached hydrogen (secondary N) is 1. The van der Waals surface area contributed by atoms with Gasteiger partial charge < -0.3 is 0 Å². The molecule has 0 aliphatic rings. The first-order valence-electron chi connectivity index (χ1n) is 5.36. The van der Waals surface area contributed by atoms with Gasteiger partial charge >= 0.3 is 5.69 Å². The molecular formula is C11H10F2N2O4S. The molecule has 0 aliphatic heterocycles. The first-order valence-corrected chi connectivity index (χ1v) is 6.84. The largest absolute Gasteiger partial charge is 0.306 e. The zero-order chi connectivity index (χ0) is 15.3. The van der Waals surface area contributed by atoms with Gasteiger partial charge in [-0.1, -0.05) is 0 Å². The summed E-state index contributed by atoms with van der Waals surface area (Å²) >= 11 is 0. The first kappa shape index (κ1) is 16.0. The predicted octanol–water partition coefficient (Wildman–Crippen LogP) is 1.56. The summed E-state index contributed by atoms with van der Waals surface area (Å²) in [5.74, 6) is -0.562. The van der Waals surface area contributed by atoms with Gasteiger partial charge in [-0.2, -0.15) is 4.39 Å². The zero-order valence-corrected chi connectivity index (χ0v) is 10.9. The van der Waals surface area contributed by atoms with Gasteiger partial charge in [0, 0.05) is 25.1 Å². The Kier molecular flexibility index (Phi) is 5.12. The quantitative estimate of drug-likeness (QED) is 0.374. The molecule has 1 N–H and O–H groups in total. The Labute approximate surface area is 114 Å². The lowest BCUT2D eigenvalue weighted by Gasteiger charge is -2.07. The number of halogens is 2. The molecule has 1 rings (SSSR count). The molecule has 0 radical (unpaired) electrons. The molecule has 0 aromatic heterocycles. The Morgan fingerprint density at radius 2 is 2.00 bits per heavy atom. The summed E-state index contributed by atoms with van der Waals surface area (Å²) in [5, 5.41) is 10.5. The van der Waals surface area contributed by atoms with Crippen molar-refractivity contribution in [3.8, 4) is 12.3 Å². The van der Waals surface area contributed by atoms with Crippen molar-refractivity contribution in [1.82, 2.24) is 4.72 Å². The van der Waals surface area contributed by atoms with Crippen LogP contribution in [0.15, 0.2) is 17.0 Å². The predicted molar refractivity (Wildman–Crippen MR) is 66.3 cm³/mol. The molecule has 1 aromatic rings. The van der Waals surface area contributed by atoms with E-state index in [4.69, 9.17) is 6.42 Å². The SMILES string of the molecule is C#CCCCNS(=O)(=O)c1cc([N+](=O)[O-])c(F)cc1F. The van der Waals surface area contributed by atoms with E-state index in [0.29, 0.717) is 18.9 Å². The molecule has 20 heavy (non-hydrogen) atoms. The Balaban J connectivity index is 3.09. The van der Waals surface area contributed by atoms with Crippen LogP contribution in [0, 0.1) is 34.1 Å². The second-order valence-electron chi connectivity index (χ2n) is 3.70. The summed E-state index contributed by atoms with van der Waals surface area (Å²) in [6, 6.07) is 0.502. The van der Waals surface area contributed by atoms with Crippen molar-refractivity contribution in [2.75, 3.05) is 6.54 Å². The van der Waals surface area contributed by atoms with Crippen LogP contribution < -0.4 is 4.72 Å². The third-order valence-electron chi connectivity index (χ3n) is 2.28. The number of hydrogen-bond acceptors (Lipinski definition) is 4. The second kappa shape index (κ2) is 6.40. The van der Waals surface area contributed by atoms with Gasteiger partial charge in [0.25, 0.3) is 0 Å². The van der Waals surface area contributed by atoms with Crippen LogP contribution in [-0.4, -0.2) is 19.9 Å². The fraction of sp³-hybridized carbons (Fsp3) is 0.273. The monoisotopic (exact) mass is 304 g/mol. The molecular weight excluding hydrogens is 294 g/mol. The van der Waals surface area contributed by atoms with Gasteiger partial charge in [0.05, 0.1) is 4.92 Å². The van der Waals surface area contributed by atoms with Crippen molar-refractivity contribution in [3.05, 3.63) is 33.9 Å². The van der Waals surface area contributed by atoms with E-state index >= 15 is 0 Å². The maximum Gasteiger partial charge on any atom is 0.306 e. The Morgan fingerprint density at radius 3 is 2.55 bits per heavy atom. The number of nitro benzene ring substituents is 1. The molecule has 108 valence electrons. The van der Waals surface area contributed by atoms with Crippen LogP contribution in [0.2, 0.25) is 0 Å². The molecule has 0 heterocycles. The number of nitrogens with zero attached hydrogens (tertiary/aromatic N) is 1. The van der Waals surface area contributed by atoms with E-state index in [1.165, 1.54) is 0 Å². The molecule has 0 amide bonds. The number of rotatable bonds is 6. The molecule has 0 bridgehead atoms. The maximum absolute atomic E-state index is 13.5. The fourth-order valence-electron chi connectivity index (χ4n) is 1.34. The van der Waals surface area contributed by atoms with E-state index in [1.807, 2.05) is 4.72 Å². The van der Waals surface area contributed by atoms with Gasteiger partial charge in [0.1, 0.15) is 10.7 Å². The van der Waals surface area contributed by atoms with Crippen LogP contribution >= 0.6 is 0 Å². The van der Waals surface area contributed by atoms with E-state index in [1.54, 1.807) is 0 Å². The van der Waals surface area contributed by atoms with Crippen molar-refractivity contribution in [3.63, 3.8) is 0 Å². The lowest BCUT2D eigenvalue weighted by Crippen LogP contribution is -2.25. The lowest BCUT2D eigenvalue weighted by atomic mass is 10.3. The molecule has 0 atom stereocenters. The van der Waals surface area contributed by atoms with E-state index in [2.05, 4.69) is 5.92 Å². The molecule has 9 heteroatoms. The summed E-state index contributed by atoms with van der Waals surface area (Å²) in [6.45, 7) is -0.0584. The standard InChI is InChI=1S/C11H10F2N2O4S/c1-2-3-4-5-14-20(18,19)11-7-10(15(16)17)8(12)6-9(11)13/h1,6-7,14H,3-5H2. The molecule has 0 saturated heterocycles. The van der Waals surface area contributed by atoms with Crippen LogP contribution in [0.25, 0.3) is 0 Å². The summed E-state index contributed by atoms with van der Waals surface area (Å²) in [7, 11) is -4.31. The Bertz CT molecular complexity index is 668. The average molecular weight is 304 g/mol. The number of nitro groups is 1. The zero-order valence-electron chi connectivity index (χ0n) is 10.1. The first-order chi connectivity index (χ1) is 9.29. The van der Waals surface area contributed by atoms with E-state index in [0.717, 1.165) is 0 Å². The molecule has 1 aromatic carbocycles. The lowest BCUT2D eigenvalue weighted by molar-refractivity contribution is -0.387. The fourth-order valence-corrected chi connectivity index (χ4v) is 2.49. The summed E-state index contributed by atoms with van der Waals surface area (Å²) in [4.78, 5) is 8.40. The number of sulfonamides is 1. The van der Waals surface area contributed by atoms with Crippen molar-refractivity contribution in [2.45, 2.75) is 17.7 Å². The molecule has 0 aliphatic carbocycles. The van der Waals surface area contributed by atoms with Gasteiger partial charge in [-0.3, -0.25) is 10.1 Å². The van der Waals surface area contributed by atoms with E-state index in [9.17, 15) is 27.3 Å². The highest BCUT2D eigenvalue weighted by atomic mass is 32.2. The van der Waals surface area contributed by atoms with Crippen LogP contribution in [-0.2, 0) is 10.0 Å². The normalized spacial score (nSPS) is 11.1. The molecule has 0 unspecified atom stereocenters. The van der Waals surface area contributed by atoms with Crippen molar-refractivity contribution in [2.24, 2.45) is 0 Å². The van der Waals surface area contributed by atoms with Gasteiger partial charge in [-0.05, 0) is 6.42 Å². The maximum atomic E-state index is 13.5. The summed E-state index contributed by atoms with van der Waals surface area (Å²) in [6.07, 6.45) is 5.61. The molecule has 0 saturated carbocycles. The van der Waals surface area contributed by atoms with Gasteiger partial charge in [0.15, 0.2) is 0 Å². The van der Waals surface area contributed by atoms with Gasteiger partial charge in [-0.25, -0.2) is 17.5 Å². The third-order valence-corrected chi connectivity index (χ3v) is 3.75. The van der Waals surface area contributed by atoms with Crippen LogP contribution in [0.1, 0.15) is 12.8 Å². The highest BCUT2D eigenvalue weighted by Gasteiger charge is 2.25. The second-order valence-corrected chi connectivity index (χ2v) is 5.43. The average Bonchev–Trinajstić information content (AvgIpc) is 2.33. The van der Waals surface area contributed by atoms with Crippen molar-refractivity contribution < 1.29 is 22.1 Å². The highest BCUT2D eigenvalue weighted by Crippen LogP contribution is 2.24. The minimum Gasteiger partial charge on any atom is -0.258 e. The Morgan fingerprint density at radius 1 is 1.35 bits per heavy atom. The molecule has 6 nitrogen and oxygen atoms in total. The van der Waals surface area contributed by atoms with Gasteiger partial charge in [-0.15, -0.1) is 12.3 Å². The summed E-state index contributed by atoms with van der Waals surface area (Å²) in [5.41, 5.74) is -1.12. The molecule has 0 spiro atoms. The number of hydrogen-bond donors (Lipinski definition) is 1. The summed E-state index contributed by atoms with van der Waals surface area (Å²) < 4.78 is 52.1. The van der Waals surface area contributed by atoms with Crippen LogP contribution in [0.5, 0.6) is 0 Å². The van der Waals surface area contributed by atoms with Gasteiger partial charge in [0.2, 0.25) is 15.8 Å². The topological polar surface area (TPSA) is 89.3 Å². The number of terminal acetylenes is 1. The smallest absolute Gasteiger partial charge is 0.258 e. The van der Waals surface area contributed by atoms with Crippen LogP contribution in [0.3, 0.4) is 0 Å². The van der Waals surface area contributed by atoms with E-state index in [-0.39, 0.29) is 12.6 Å². The third kappa shape index (κ3) is 3.72. The van der Waals surface area contributed by atoms with Crippen molar-refractivity contribution in [1.29, 1.82) is 0 Å². The minimum atomic E-state index is -4.31. The highest BCUT2D eigenvalue weighted by molar-refractivity contribution is 7.89.